The Hall–Kier alpha value is -1.62. The van der Waals surface area contributed by atoms with Gasteiger partial charge >= 0.3 is 5.97 Å². The topological polar surface area (TPSA) is 143 Å². The molecule has 0 spiro atoms. The summed E-state index contributed by atoms with van der Waals surface area (Å²) in [6.45, 7) is 3.80. The van der Waals surface area contributed by atoms with Gasteiger partial charge in [0.2, 0.25) is 0 Å². The van der Waals surface area contributed by atoms with Crippen molar-refractivity contribution in [1.29, 1.82) is 0 Å². The van der Waals surface area contributed by atoms with Gasteiger partial charge in [-0.2, -0.15) is 0 Å². The number of hydrogen-bond acceptors (Lipinski definition) is 8. The van der Waals surface area contributed by atoms with E-state index in [0.29, 0.717) is 25.7 Å². The van der Waals surface area contributed by atoms with Crippen molar-refractivity contribution in [2.45, 2.75) is 88.9 Å². The Bertz CT molecular complexity index is 674. The monoisotopic (exact) mass is 442 g/mol. The van der Waals surface area contributed by atoms with E-state index in [0.717, 1.165) is 12.0 Å². The molecule has 1 aliphatic heterocycles. The molecule has 176 valence electrons. The number of aliphatic carboxylic acids is 1. The highest BCUT2D eigenvalue weighted by Crippen LogP contribution is 2.28. The van der Waals surface area contributed by atoms with Gasteiger partial charge in [0.1, 0.15) is 30.2 Å². The second-order valence-electron chi connectivity index (χ2n) is 8.27. The number of hydrogen-bond donors (Lipinski definition) is 4. The minimum atomic E-state index is -1.79. The Morgan fingerprint density at radius 3 is 2.48 bits per heavy atom. The number of rotatable bonds is 4. The molecule has 1 saturated heterocycles. The summed E-state index contributed by atoms with van der Waals surface area (Å²) in [5.41, 5.74) is 0.997. The van der Waals surface area contributed by atoms with Crippen LogP contribution in [0.1, 0.15) is 46.0 Å². The van der Waals surface area contributed by atoms with Crippen molar-refractivity contribution in [3.05, 3.63) is 23.8 Å². The fourth-order valence-electron chi connectivity index (χ4n) is 3.88. The van der Waals surface area contributed by atoms with E-state index >= 15 is 0 Å². The molecule has 0 aromatic heterocycles. The van der Waals surface area contributed by atoms with Crippen molar-refractivity contribution < 1.29 is 44.2 Å². The molecule has 9 heteroatoms. The molecule has 9 nitrogen and oxygen atoms in total. The number of carbonyl (C=O) groups is 2. The van der Waals surface area contributed by atoms with E-state index in [1.807, 2.05) is 32.1 Å². The van der Waals surface area contributed by atoms with Gasteiger partial charge in [0.15, 0.2) is 12.4 Å². The van der Waals surface area contributed by atoms with Gasteiger partial charge in [0, 0.05) is 25.9 Å². The number of ether oxygens (including phenoxy) is 3. The smallest absolute Gasteiger partial charge is 0.335 e. The summed E-state index contributed by atoms with van der Waals surface area (Å²) in [7, 11) is 1.51. The lowest BCUT2D eigenvalue weighted by molar-refractivity contribution is -0.312. The quantitative estimate of drug-likeness (QED) is 0.468. The van der Waals surface area contributed by atoms with E-state index in [9.17, 15) is 30.0 Å². The zero-order chi connectivity index (χ0) is 23.1. The molecule has 2 rings (SSSR count). The van der Waals surface area contributed by atoms with Crippen LogP contribution in [-0.2, 0) is 23.8 Å². The molecule has 0 amide bonds. The van der Waals surface area contributed by atoms with Crippen LogP contribution in [0.4, 0.5) is 0 Å². The normalized spacial score (nSPS) is 41.2. The lowest BCUT2D eigenvalue weighted by Gasteiger charge is -2.41. The summed E-state index contributed by atoms with van der Waals surface area (Å²) < 4.78 is 16.9. The summed E-state index contributed by atoms with van der Waals surface area (Å²) in [6.07, 6.45) is -0.981. The third-order valence-corrected chi connectivity index (χ3v) is 5.72. The molecule has 8 atom stereocenters. The van der Waals surface area contributed by atoms with E-state index in [1.54, 1.807) is 0 Å². The van der Waals surface area contributed by atoms with E-state index < -0.39 is 48.9 Å². The Balaban J connectivity index is 2.30. The molecule has 0 radical (unpaired) electrons. The van der Waals surface area contributed by atoms with Crippen LogP contribution in [0, 0.1) is 5.92 Å². The molecule has 0 aromatic carbocycles. The Morgan fingerprint density at radius 1 is 1.13 bits per heavy atom. The first-order chi connectivity index (χ1) is 14.6. The van der Waals surface area contributed by atoms with Crippen molar-refractivity contribution >= 4 is 11.8 Å². The summed E-state index contributed by atoms with van der Waals surface area (Å²) in [5, 5.41) is 39.6. The molecular formula is C22H34O9. The average Bonchev–Trinajstić information content (AvgIpc) is 2.73. The predicted molar refractivity (Wildman–Crippen MR) is 110 cm³/mol. The molecule has 0 saturated carbocycles. The molecule has 0 bridgehead atoms. The molecule has 4 N–H and O–H groups in total. The summed E-state index contributed by atoms with van der Waals surface area (Å²) in [5.74, 6) is -1.51. The maximum atomic E-state index is 12.0. The molecular weight excluding hydrogens is 408 g/mol. The first-order valence-electron chi connectivity index (χ1n) is 10.6. The summed E-state index contributed by atoms with van der Waals surface area (Å²) in [6, 6.07) is 0. The molecule has 0 aromatic rings. The van der Waals surface area contributed by atoms with Gasteiger partial charge in [-0.15, -0.1) is 0 Å². The summed E-state index contributed by atoms with van der Waals surface area (Å²) >= 11 is 0. The molecule has 0 unspecified atom stereocenters. The van der Waals surface area contributed by atoms with Gasteiger partial charge in [-0.1, -0.05) is 30.7 Å². The minimum absolute atomic E-state index is 0.218. The van der Waals surface area contributed by atoms with E-state index in [4.69, 9.17) is 14.2 Å². The number of carboxylic acids is 1. The predicted octanol–water partition coefficient (Wildman–Crippen LogP) is 0.951. The second-order valence-corrected chi connectivity index (χ2v) is 8.27. The number of carbonyl (C=O) groups excluding carboxylic acids is 1. The highest BCUT2D eigenvalue weighted by Gasteiger charge is 2.48. The van der Waals surface area contributed by atoms with Crippen molar-refractivity contribution in [3.8, 4) is 0 Å². The summed E-state index contributed by atoms with van der Waals surface area (Å²) in [4.78, 5) is 23.4. The number of aliphatic hydroxyl groups is 3. The largest absolute Gasteiger partial charge is 0.479 e. The van der Waals surface area contributed by atoms with Crippen LogP contribution in [0.3, 0.4) is 0 Å². The lowest BCUT2D eigenvalue weighted by atomic mass is 9.94. The van der Waals surface area contributed by atoms with Gasteiger partial charge < -0.3 is 34.6 Å². The van der Waals surface area contributed by atoms with Crippen molar-refractivity contribution in [2.24, 2.45) is 5.92 Å². The third kappa shape index (κ3) is 6.93. The first-order valence-corrected chi connectivity index (χ1v) is 10.6. The second kappa shape index (κ2) is 11.8. The number of allylic oxidation sites excluding steroid dienone is 2. The highest BCUT2D eigenvalue weighted by molar-refractivity contribution is 5.78. The lowest BCUT2D eigenvalue weighted by Crippen LogP contribution is -2.61. The van der Waals surface area contributed by atoms with Crippen LogP contribution in [0.2, 0.25) is 0 Å². The van der Waals surface area contributed by atoms with E-state index in [1.165, 1.54) is 7.11 Å². The SMILES string of the molecule is CO[C@H]1/C=C/CCCC(=O)CC/C(C)=C\[C@@H](C)[C@@H]1O[C@H]1O[C@@H](C(=O)O)[C@@H](O)[C@H](O)[C@H]1O. The van der Waals surface area contributed by atoms with E-state index in [2.05, 4.69) is 0 Å². The van der Waals surface area contributed by atoms with Crippen LogP contribution in [-0.4, -0.2) is 82.2 Å². The first kappa shape index (κ1) is 25.6. The minimum Gasteiger partial charge on any atom is -0.479 e. The van der Waals surface area contributed by atoms with Crippen LogP contribution in [0.25, 0.3) is 0 Å². The maximum Gasteiger partial charge on any atom is 0.335 e. The van der Waals surface area contributed by atoms with Gasteiger partial charge in [0.05, 0.1) is 6.10 Å². The zero-order valence-corrected chi connectivity index (χ0v) is 18.2. The number of methoxy groups -OCH3 is 1. The maximum absolute atomic E-state index is 12.0. The highest BCUT2D eigenvalue weighted by atomic mass is 16.7. The number of ketones is 1. The fourth-order valence-corrected chi connectivity index (χ4v) is 3.88. The standard InChI is InChI=1S/C22H34O9/c1-12-9-10-14(23)7-5-4-6-8-15(29-3)19(13(2)11-12)30-22-18(26)16(24)17(25)20(31-22)21(27)28/h6,8,11,13,15-20,22,24-26H,4-5,7,9-10H2,1-3H3,(H,27,28)/b8-6+,12-11-/t13-,15+,16+,17+,18-,19+,20-,22+/m1/s1. The van der Waals surface area contributed by atoms with Crippen LogP contribution in [0.5, 0.6) is 0 Å². The van der Waals surface area contributed by atoms with Crippen molar-refractivity contribution in [1.82, 2.24) is 0 Å². The average molecular weight is 443 g/mol. The van der Waals surface area contributed by atoms with Crippen molar-refractivity contribution in [3.63, 3.8) is 0 Å². The fraction of sp³-hybridized carbons (Fsp3) is 0.727. The van der Waals surface area contributed by atoms with Crippen molar-refractivity contribution in [2.75, 3.05) is 7.11 Å². The third-order valence-electron chi connectivity index (χ3n) is 5.72. The Labute approximate surface area is 182 Å². The Kier molecular flexibility index (Phi) is 9.80. The molecule has 31 heavy (non-hydrogen) atoms. The van der Waals surface area contributed by atoms with Crippen LogP contribution >= 0.6 is 0 Å². The molecule has 1 fully saturated rings. The van der Waals surface area contributed by atoms with Gasteiger partial charge in [-0.25, -0.2) is 4.79 Å². The van der Waals surface area contributed by atoms with E-state index in [-0.39, 0.29) is 11.7 Å². The molecule has 1 aliphatic carbocycles. The van der Waals surface area contributed by atoms with Crippen LogP contribution in [0.15, 0.2) is 23.8 Å². The van der Waals surface area contributed by atoms with Gasteiger partial charge in [0.25, 0.3) is 0 Å². The number of carboxylic acid groups (broad SMARTS) is 1. The Morgan fingerprint density at radius 2 is 1.84 bits per heavy atom. The molecule has 1 heterocycles. The van der Waals surface area contributed by atoms with Gasteiger partial charge in [-0.3, -0.25) is 4.79 Å². The van der Waals surface area contributed by atoms with Crippen LogP contribution < -0.4 is 0 Å². The van der Waals surface area contributed by atoms with Gasteiger partial charge in [-0.05, 0) is 26.2 Å². The molecule has 2 aliphatic rings. The number of aliphatic hydroxyl groups excluding tert-OH is 3. The zero-order valence-electron chi connectivity index (χ0n) is 18.2. The number of Topliss-reactive ketones (excluding diaryl/α,β-unsaturated/α-hetero) is 1.